The van der Waals surface area contributed by atoms with Gasteiger partial charge in [-0.3, -0.25) is 9.59 Å². The van der Waals surface area contributed by atoms with Crippen LogP contribution < -0.4 is 5.32 Å². The van der Waals surface area contributed by atoms with Crippen LogP contribution in [0, 0.1) is 5.92 Å². The summed E-state index contributed by atoms with van der Waals surface area (Å²) in [7, 11) is 0. The molecule has 0 heterocycles. The molecule has 0 spiro atoms. The number of carbonyl (C=O) groups is 3. The first-order chi connectivity index (χ1) is 10.7. The summed E-state index contributed by atoms with van der Waals surface area (Å²) in [4.78, 5) is 34.5. The zero-order valence-electron chi connectivity index (χ0n) is 14.3. The van der Waals surface area contributed by atoms with Crippen LogP contribution in [-0.4, -0.2) is 36.5 Å². The van der Waals surface area contributed by atoms with Crippen LogP contribution in [0.2, 0.25) is 0 Å². The lowest BCUT2D eigenvalue weighted by atomic mass is 9.84. The topological polar surface area (TPSA) is 90.9 Å². The summed E-state index contributed by atoms with van der Waals surface area (Å²) >= 11 is 0. The summed E-state index contributed by atoms with van der Waals surface area (Å²) in [6, 6.07) is 0. The Balaban J connectivity index is 2.46. The van der Waals surface area contributed by atoms with Crippen molar-refractivity contribution in [3.63, 3.8) is 0 Å². The lowest BCUT2D eigenvalue weighted by Crippen LogP contribution is -2.48. The van der Waals surface area contributed by atoms with Gasteiger partial charge in [-0.05, 0) is 25.7 Å². The van der Waals surface area contributed by atoms with Crippen molar-refractivity contribution in [3.05, 3.63) is 0 Å². The Hall–Kier alpha value is -1.79. The molecule has 1 saturated carbocycles. The van der Waals surface area contributed by atoms with Gasteiger partial charge in [0.15, 0.2) is 0 Å². The molecule has 0 aliphatic heterocycles. The first kappa shape index (κ1) is 19.3. The number of carbonyl (C=O) groups excluding carboxylic acids is 3. The first-order valence-electron chi connectivity index (χ1n) is 8.09. The molecule has 1 aliphatic rings. The zero-order chi connectivity index (χ0) is 17.5. The monoisotopic (exact) mass is 329 g/mol. The number of nitrogens with one attached hydrogen (secondary N) is 1. The van der Waals surface area contributed by atoms with Crippen LogP contribution in [0.4, 0.5) is 4.79 Å². The van der Waals surface area contributed by atoms with E-state index < -0.39 is 24.0 Å². The smallest absolute Gasteiger partial charge is 0.410 e. The minimum absolute atomic E-state index is 0.191. The molecular formula is C16H27NO6. The number of amides is 1. The van der Waals surface area contributed by atoms with Crippen molar-refractivity contribution in [1.29, 1.82) is 0 Å². The lowest BCUT2D eigenvalue weighted by molar-refractivity contribution is -0.169. The Morgan fingerprint density at radius 2 is 1.65 bits per heavy atom. The first-order valence-corrected chi connectivity index (χ1v) is 8.09. The molecule has 0 radical (unpaired) electrons. The van der Waals surface area contributed by atoms with Crippen molar-refractivity contribution < 1.29 is 28.6 Å². The molecule has 0 unspecified atom stereocenters. The summed E-state index contributed by atoms with van der Waals surface area (Å²) in [5.74, 6) is -1.09. The largest absolute Gasteiger partial charge is 0.457 e. The molecule has 0 saturated heterocycles. The maximum Gasteiger partial charge on any atom is 0.410 e. The third kappa shape index (κ3) is 6.88. The molecule has 23 heavy (non-hydrogen) atoms. The second-order valence-corrected chi connectivity index (χ2v) is 6.26. The molecule has 7 nitrogen and oxygen atoms in total. The van der Waals surface area contributed by atoms with E-state index >= 15 is 0 Å². The molecule has 1 aliphatic carbocycles. The van der Waals surface area contributed by atoms with Crippen molar-refractivity contribution in [3.8, 4) is 0 Å². The van der Waals surface area contributed by atoms with Crippen molar-refractivity contribution in [2.45, 2.75) is 71.7 Å². The maximum atomic E-state index is 11.8. The Morgan fingerprint density at radius 1 is 1.04 bits per heavy atom. The van der Waals surface area contributed by atoms with Crippen molar-refractivity contribution in [1.82, 2.24) is 5.32 Å². The third-order valence-corrected chi connectivity index (χ3v) is 3.71. The molecule has 7 heteroatoms. The van der Waals surface area contributed by atoms with E-state index in [0.29, 0.717) is 12.8 Å². The Bertz CT molecular complexity index is 428. The number of hydrogen-bond donors (Lipinski definition) is 1. The third-order valence-electron chi connectivity index (χ3n) is 3.71. The molecule has 1 atom stereocenters. The molecular weight excluding hydrogens is 302 g/mol. The minimum atomic E-state index is -0.971. The number of rotatable bonds is 6. The lowest BCUT2D eigenvalue weighted by Gasteiger charge is -2.36. The van der Waals surface area contributed by atoms with E-state index in [9.17, 15) is 14.4 Å². The number of hydrogen-bond acceptors (Lipinski definition) is 6. The molecule has 0 aromatic heterocycles. The molecule has 1 amide bonds. The number of ether oxygens (including phenoxy) is 3. The quantitative estimate of drug-likeness (QED) is 0.595. The van der Waals surface area contributed by atoms with Gasteiger partial charge in [0, 0.05) is 13.8 Å². The van der Waals surface area contributed by atoms with E-state index in [-0.39, 0.29) is 18.4 Å². The molecule has 0 aromatic rings. The van der Waals surface area contributed by atoms with Crippen molar-refractivity contribution >= 4 is 18.0 Å². The van der Waals surface area contributed by atoms with Crippen molar-refractivity contribution in [2.24, 2.45) is 5.92 Å². The van der Waals surface area contributed by atoms with Crippen LogP contribution in [0.25, 0.3) is 0 Å². The van der Waals surface area contributed by atoms with Gasteiger partial charge in [0.2, 0.25) is 6.29 Å². The van der Waals surface area contributed by atoms with Gasteiger partial charge in [-0.2, -0.15) is 0 Å². The molecule has 0 aromatic carbocycles. The maximum absolute atomic E-state index is 11.8. The average molecular weight is 329 g/mol. The van der Waals surface area contributed by atoms with Gasteiger partial charge >= 0.3 is 18.0 Å². The minimum Gasteiger partial charge on any atom is -0.457 e. The van der Waals surface area contributed by atoms with Gasteiger partial charge in [0.05, 0.1) is 12.5 Å². The summed E-state index contributed by atoms with van der Waals surface area (Å²) in [6.45, 7) is 6.42. The van der Waals surface area contributed by atoms with Crippen LogP contribution >= 0.6 is 0 Å². The fourth-order valence-electron chi connectivity index (χ4n) is 2.57. The van der Waals surface area contributed by atoms with Crippen LogP contribution in [0.3, 0.4) is 0 Å². The van der Waals surface area contributed by atoms with E-state index in [0.717, 1.165) is 19.3 Å². The van der Waals surface area contributed by atoms with Crippen LogP contribution in [0.15, 0.2) is 0 Å². The summed E-state index contributed by atoms with van der Waals surface area (Å²) in [5, 5.41) is 2.60. The normalized spacial score (nSPS) is 18.0. The summed E-state index contributed by atoms with van der Waals surface area (Å²) in [5.41, 5.74) is -0.666. The van der Waals surface area contributed by atoms with Gasteiger partial charge in [-0.25, -0.2) is 4.79 Å². The average Bonchev–Trinajstić information content (AvgIpc) is 2.45. The van der Waals surface area contributed by atoms with Crippen LogP contribution in [0.5, 0.6) is 0 Å². The molecule has 132 valence electrons. The Kier molecular flexibility index (Phi) is 7.32. The van der Waals surface area contributed by atoms with Gasteiger partial charge in [-0.1, -0.05) is 20.3 Å². The summed E-state index contributed by atoms with van der Waals surface area (Å²) in [6.07, 6.45) is 2.75. The highest BCUT2D eigenvalue weighted by Crippen LogP contribution is 2.31. The highest BCUT2D eigenvalue weighted by Gasteiger charge is 2.35. The van der Waals surface area contributed by atoms with Gasteiger partial charge in [0.1, 0.15) is 5.60 Å². The highest BCUT2D eigenvalue weighted by molar-refractivity contribution is 5.72. The fourth-order valence-corrected chi connectivity index (χ4v) is 2.57. The predicted octanol–water partition coefficient (Wildman–Crippen LogP) is 2.52. The Labute approximate surface area is 137 Å². The van der Waals surface area contributed by atoms with Crippen molar-refractivity contribution in [2.75, 3.05) is 6.54 Å². The molecule has 1 rings (SSSR count). The van der Waals surface area contributed by atoms with E-state index in [1.165, 1.54) is 13.8 Å². The van der Waals surface area contributed by atoms with Gasteiger partial charge in [-0.15, -0.1) is 0 Å². The number of esters is 2. The summed E-state index contributed by atoms with van der Waals surface area (Å²) < 4.78 is 15.4. The standard InChI is InChI=1S/C16H27NO6/c1-11(2)14(19)21-13(4)22-15(20)17-10-16(23-12(3)18)8-6-5-7-9-16/h11,13H,5-10H2,1-4H3,(H,17,20)/t13-/m1/s1. The predicted molar refractivity (Wildman–Crippen MR) is 82.5 cm³/mol. The van der Waals surface area contributed by atoms with Crippen LogP contribution in [-0.2, 0) is 23.8 Å². The van der Waals surface area contributed by atoms with Gasteiger partial charge in [0.25, 0.3) is 0 Å². The van der Waals surface area contributed by atoms with E-state index in [1.807, 2.05) is 0 Å². The van der Waals surface area contributed by atoms with E-state index in [4.69, 9.17) is 14.2 Å². The molecule has 1 fully saturated rings. The molecule has 1 N–H and O–H groups in total. The second-order valence-electron chi connectivity index (χ2n) is 6.26. The number of alkyl carbamates (subject to hydrolysis) is 1. The Morgan fingerprint density at radius 3 is 2.17 bits per heavy atom. The highest BCUT2D eigenvalue weighted by atomic mass is 16.7. The fraction of sp³-hybridized carbons (Fsp3) is 0.812. The van der Waals surface area contributed by atoms with Gasteiger partial charge < -0.3 is 19.5 Å². The van der Waals surface area contributed by atoms with Crippen LogP contribution in [0.1, 0.15) is 59.8 Å². The van der Waals surface area contributed by atoms with E-state index in [1.54, 1.807) is 13.8 Å². The molecule has 0 bridgehead atoms. The SMILES string of the molecule is CC(=O)OC1(CNC(=O)O[C@H](C)OC(=O)C(C)C)CCCCC1. The zero-order valence-corrected chi connectivity index (χ0v) is 14.3. The van der Waals surface area contributed by atoms with E-state index in [2.05, 4.69) is 5.32 Å². The second kappa shape index (κ2) is 8.74.